The molecule has 0 bridgehead atoms. The van der Waals surface area contributed by atoms with Crippen LogP contribution in [0.3, 0.4) is 0 Å². The lowest BCUT2D eigenvalue weighted by molar-refractivity contribution is 0.0696. The van der Waals surface area contributed by atoms with Crippen LogP contribution in [0, 0.1) is 0 Å². The molecule has 0 radical (unpaired) electrons. The number of nitrogens with one attached hydrogen (secondary N) is 1. The molecule has 0 heterocycles. The number of hydrogen-bond acceptors (Lipinski definition) is 2. The molecule has 6 heteroatoms. The van der Waals surface area contributed by atoms with Gasteiger partial charge in [0.15, 0.2) is 0 Å². The van der Waals surface area contributed by atoms with Crippen LogP contribution in [0.4, 0.5) is 0 Å². The number of hydrogen-bond donors (Lipinski definition) is 2. The molecule has 0 aliphatic heterocycles. The van der Waals surface area contributed by atoms with Crippen molar-refractivity contribution in [1.82, 2.24) is 5.32 Å². The first-order chi connectivity index (χ1) is 9.97. The Morgan fingerprint density at radius 2 is 1.76 bits per heavy atom. The number of rotatable bonds is 4. The van der Waals surface area contributed by atoms with Gasteiger partial charge in [-0.15, -0.1) is 0 Å². The third kappa shape index (κ3) is 3.97. The minimum absolute atomic E-state index is 0.177. The minimum atomic E-state index is -1.01. The van der Waals surface area contributed by atoms with Crippen molar-refractivity contribution in [2.45, 2.75) is 6.54 Å². The van der Waals surface area contributed by atoms with Crippen molar-refractivity contribution in [1.29, 1.82) is 0 Å². The molecule has 2 aromatic carbocycles. The highest BCUT2D eigenvalue weighted by atomic mass is 35.5. The van der Waals surface area contributed by atoms with Crippen molar-refractivity contribution in [3.05, 3.63) is 69.2 Å². The second-order valence-corrected chi connectivity index (χ2v) is 5.13. The number of carboxylic acid groups (broad SMARTS) is 1. The smallest absolute Gasteiger partial charge is 0.335 e. The van der Waals surface area contributed by atoms with Gasteiger partial charge in [-0.3, -0.25) is 4.79 Å². The number of carbonyl (C=O) groups excluding carboxylic acids is 1. The Hall–Kier alpha value is -2.04. The van der Waals surface area contributed by atoms with Crippen molar-refractivity contribution < 1.29 is 14.7 Å². The highest BCUT2D eigenvalue weighted by Crippen LogP contribution is 2.22. The molecule has 0 saturated carbocycles. The summed E-state index contributed by atoms with van der Waals surface area (Å²) in [5.41, 5.74) is 1.26. The normalized spacial score (nSPS) is 10.2. The van der Waals surface area contributed by atoms with E-state index in [4.69, 9.17) is 28.3 Å². The third-order valence-corrected chi connectivity index (χ3v) is 3.55. The monoisotopic (exact) mass is 323 g/mol. The maximum atomic E-state index is 12.0. The largest absolute Gasteiger partial charge is 0.478 e. The molecule has 0 atom stereocenters. The van der Waals surface area contributed by atoms with Crippen molar-refractivity contribution in [2.75, 3.05) is 0 Å². The number of aromatic carboxylic acids is 1. The zero-order valence-electron chi connectivity index (χ0n) is 10.8. The quantitative estimate of drug-likeness (QED) is 0.903. The van der Waals surface area contributed by atoms with E-state index >= 15 is 0 Å². The maximum Gasteiger partial charge on any atom is 0.335 e. The van der Waals surface area contributed by atoms with Gasteiger partial charge in [0.2, 0.25) is 0 Å². The molecule has 0 aliphatic carbocycles. The number of carboxylic acids is 1. The van der Waals surface area contributed by atoms with Gasteiger partial charge in [-0.25, -0.2) is 4.79 Å². The highest BCUT2D eigenvalue weighted by molar-refractivity contribution is 6.42. The maximum absolute atomic E-state index is 12.0. The van der Waals surface area contributed by atoms with Gasteiger partial charge in [0.05, 0.1) is 15.6 Å². The van der Waals surface area contributed by atoms with Gasteiger partial charge in [0.25, 0.3) is 5.91 Å². The number of halogens is 2. The van der Waals surface area contributed by atoms with Crippen molar-refractivity contribution in [2.24, 2.45) is 0 Å². The fourth-order valence-electron chi connectivity index (χ4n) is 1.74. The van der Waals surface area contributed by atoms with Crippen molar-refractivity contribution in [3.63, 3.8) is 0 Å². The van der Waals surface area contributed by atoms with Gasteiger partial charge >= 0.3 is 5.97 Å². The van der Waals surface area contributed by atoms with E-state index in [0.717, 1.165) is 0 Å². The summed E-state index contributed by atoms with van der Waals surface area (Å²) in [6.07, 6.45) is 0. The van der Waals surface area contributed by atoms with Crippen LogP contribution >= 0.6 is 23.2 Å². The highest BCUT2D eigenvalue weighted by Gasteiger charge is 2.08. The zero-order valence-corrected chi connectivity index (χ0v) is 12.3. The van der Waals surface area contributed by atoms with Gasteiger partial charge in [0, 0.05) is 12.1 Å². The van der Waals surface area contributed by atoms with E-state index in [1.54, 1.807) is 24.3 Å². The summed E-state index contributed by atoms with van der Waals surface area (Å²) in [7, 11) is 0. The van der Waals surface area contributed by atoms with Crippen LogP contribution in [-0.4, -0.2) is 17.0 Å². The molecule has 0 aliphatic rings. The third-order valence-electron chi connectivity index (χ3n) is 2.81. The van der Waals surface area contributed by atoms with Gasteiger partial charge in [-0.1, -0.05) is 35.3 Å². The van der Waals surface area contributed by atoms with Crippen LogP contribution in [0.2, 0.25) is 10.0 Å². The molecule has 2 aromatic rings. The summed E-state index contributed by atoms with van der Waals surface area (Å²) in [6.45, 7) is 0.222. The molecule has 2 rings (SSSR count). The summed E-state index contributed by atoms with van der Waals surface area (Å²) in [6, 6.07) is 11.0. The fraction of sp³-hybridized carbons (Fsp3) is 0.0667. The second-order valence-electron chi connectivity index (χ2n) is 4.32. The lowest BCUT2D eigenvalue weighted by atomic mass is 10.1. The molecule has 21 heavy (non-hydrogen) atoms. The number of amides is 1. The van der Waals surface area contributed by atoms with E-state index in [1.807, 2.05) is 0 Å². The Kier molecular flexibility index (Phi) is 4.83. The van der Waals surface area contributed by atoms with E-state index in [2.05, 4.69) is 5.32 Å². The average Bonchev–Trinajstić information content (AvgIpc) is 2.48. The predicted octanol–water partition coefficient (Wildman–Crippen LogP) is 3.62. The van der Waals surface area contributed by atoms with Crippen LogP contribution in [0.15, 0.2) is 42.5 Å². The van der Waals surface area contributed by atoms with Gasteiger partial charge in [-0.05, 0) is 35.9 Å². The molecular weight excluding hydrogens is 313 g/mol. The van der Waals surface area contributed by atoms with E-state index in [-0.39, 0.29) is 18.0 Å². The van der Waals surface area contributed by atoms with Crippen LogP contribution in [-0.2, 0) is 6.54 Å². The lowest BCUT2D eigenvalue weighted by Gasteiger charge is -2.07. The zero-order chi connectivity index (χ0) is 15.4. The molecule has 0 unspecified atom stereocenters. The molecule has 2 N–H and O–H groups in total. The SMILES string of the molecule is O=C(O)c1cccc(CNC(=O)c2ccc(Cl)c(Cl)c2)c1. The van der Waals surface area contributed by atoms with E-state index in [1.165, 1.54) is 18.2 Å². The summed E-state index contributed by atoms with van der Waals surface area (Å²) in [4.78, 5) is 22.8. The molecule has 0 fully saturated rings. The number of benzene rings is 2. The first kappa shape index (κ1) is 15.4. The molecular formula is C15H11Cl2NO3. The fourth-order valence-corrected chi connectivity index (χ4v) is 2.03. The van der Waals surface area contributed by atoms with Gasteiger partial charge < -0.3 is 10.4 Å². The van der Waals surface area contributed by atoms with Gasteiger partial charge in [-0.2, -0.15) is 0 Å². The molecule has 0 spiro atoms. The summed E-state index contributed by atoms with van der Waals surface area (Å²) in [5.74, 6) is -1.32. The summed E-state index contributed by atoms with van der Waals surface area (Å²) >= 11 is 11.6. The molecule has 108 valence electrons. The minimum Gasteiger partial charge on any atom is -0.478 e. The molecule has 0 saturated heterocycles. The standard InChI is InChI=1S/C15H11Cl2NO3/c16-12-5-4-10(7-13(12)17)14(19)18-8-9-2-1-3-11(6-9)15(20)21/h1-7H,8H2,(H,18,19)(H,20,21). The predicted molar refractivity (Wildman–Crippen MR) is 81.0 cm³/mol. The average molecular weight is 324 g/mol. The van der Waals surface area contributed by atoms with Crippen LogP contribution in [0.1, 0.15) is 26.3 Å². The van der Waals surface area contributed by atoms with E-state index < -0.39 is 5.97 Å². The Morgan fingerprint density at radius 3 is 2.43 bits per heavy atom. The summed E-state index contributed by atoms with van der Waals surface area (Å²) in [5, 5.41) is 12.3. The van der Waals surface area contributed by atoms with Crippen LogP contribution < -0.4 is 5.32 Å². The number of carbonyl (C=O) groups is 2. The first-order valence-corrected chi connectivity index (χ1v) is 6.78. The topological polar surface area (TPSA) is 66.4 Å². The summed E-state index contributed by atoms with van der Waals surface area (Å²) < 4.78 is 0. The Balaban J connectivity index is 2.05. The Labute approximate surface area is 131 Å². The van der Waals surface area contributed by atoms with E-state index in [9.17, 15) is 9.59 Å². The lowest BCUT2D eigenvalue weighted by Crippen LogP contribution is -2.22. The molecule has 0 aromatic heterocycles. The van der Waals surface area contributed by atoms with Crippen LogP contribution in [0.25, 0.3) is 0 Å². The Morgan fingerprint density at radius 1 is 1.00 bits per heavy atom. The second kappa shape index (κ2) is 6.61. The first-order valence-electron chi connectivity index (χ1n) is 6.03. The van der Waals surface area contributed by atoms with Crippen molar-refractivity contribution in [3.8, 4) is 0 Å². The molecule has 1 amide bonds. The van der Waals surface area contributed by atoms with E-state index in [0.29, 0.717) is 21.2 Å². The Bertz CT molecular complexity index is 701. The molecule has 4 nitrogen and oxygen atoms in total. The van der Waals surface area contributed by atoms with Crippen molar-refractivity contribution >= 4 is 35.1 Å². The van der Waals surface area contributed by atoms with Gasteiger partial charge in [0.1, 0.15) is 0 Å². The van der Waals surface area contributed by atoms with Crippen LogP contribution in [0.5, 0.6) is 0 Å².